The highest BCUT2D eigenvalue weighted by Gasteiger charge is 2.14. The summed E-state index contributed by atoms with van der Waals surface area (Å²) in [5, 5.41) is 3.42. The molecule has 112 valence electrons. The fourth-order valence-corrected chi connectivity index (χ4v) is 2.78. The molecule has 0 aliphatic heterocycles. The van der Waals surface area contributed by atoms with Crippen LogP contribution in [0, 0.1) is 6.92 Å². The first-order valence-corrected chi connectivity index (χ1v) is 7.77. The zero-order valence-electron chi connectivity index (χ0n) is 13.3. The number of hydrogen-bond donors (Lipinski definition) is 2. The summed E-state index contributed by atoms with van der Waals surface area (Å²) in [7, 11) is 2.01. The maximum atomic E-state index is 5.85. The summed E-state index contributed by atoms with van der Waals surface area (Å²) in [6, 6.07) is 15.3. The molecule has 0 aliphatic rings. The summed E-state index contributed by atoms with van der Waals surface area (Å²) in [6.45, 7) is 4.35. The summed E-state index contributed by atoms with van der Waals surface area (Å²) >= 11 is 0. The minimum absolute atomic E-state index is 0.214. The molecule has 3 N–H and O–H groups in total. The van der Waals surface area contributed by atoms with Gasteiger partial charge in [0.15, 0.2) is 0 Å². The van der Waals surface area contributed by atoms with Crippen molar-refractivity contribution in [3.05, 3.63) is 64.7 Å². The van der Waals surface area contributed by atoms with Crippen molar-refractivity contribution in [3.63, 3.8) is 0 Å². The molecule has 0 radical (unpaired) electrons. The smallest absolute Gasteiger partial charge is 0.0576 e. The molecule has 21 heavy (non-hydrogen) atoms. The Morgan fingerprint density at radius 2 is 1.81 bits per heavy atom. The van der Waals surface area contributed by atoms with Gasteiger partial charge in [0.2, 0.25) is 0 Å². The molecule has 0 saturated carbocycles. The van der Waals surface area contributed by atoms with Crippen molar-refractivity contribution < 1.29 is 0 Å². The zero-order chi connectivity index (χ0) is 15.2. The largest absolute Gasteiger partial charge is 0.399 e. The lowest BCUT2D eigenvalue weighted by molar-refractivity contribution is 0.687. The number of hydrogen-bond acceptors (Lipinski definition) is 2. The Labute approximate surface area is 128 Å². The quantitative estimate of drug-likeness (QED) is 0.778. The second-order valence-corrected chi connectivity index (χ2v) is 5.68. The number of anilines is 1. The third kappa shape index (κ3) is 3.85. The number of benzene rings is 2. The van der Waals surface area contributed by atoms with Crippen LogP contribution in [0.3, 0.4) is 0 Å². The van der Waals surface area contributed by atoms with Gasteiger partial charge in [0, 0.05) is 5.69 Å². The van der Waals surface area contributed by atoms with E-state index in [2.05, 4.69) is 49.5 Å². The van der Waals surface area contributed by atoms with Gasteiger partial charge in [-0.25, -0.2) is 0 Å². The van der Waals surface area contributed by atoms with Crippen LogP contribution in [-0.4, -0.2) is 7.05 Å². The second kappa shape index (κ2) is 7.28. The number of unbranched alkanes of at least 4 members (excludes halogenated alkanes) is 1. The average Bonchev–Trinajstić information content (AvgIpc) is 2.49. The van der Waals surface area contributed by atoms with E-state index in [1.807, 2.05) is 19.2 Å². The van der Waals surface area contributed by atoms with Gasteiger partial charge in [0.05, 0.1) is 6.04 Å². The van der Waals surface area contributed by atoms with Gasteiger partial charge in [-0.2, -0.15) is 0 Å². The Bertz CT molecular complexity index is 573. The number of rotatable bonds is 6. The normalized spacial score (nSPS) is 12.3. The van der Waals surface area contributed by atoms with Crippen LogP contribution in [0.5, 0.6) is 0 Å². The average molecular weight is 282 g/mol. The minimum Gasteiger partial charge on any atom is -0.399 e. The van der Waals surface area contributed by atoms with E-state index in [4.69, 9.17) is 5.73 Å². The lowest BCUT2D eigenvalue weighted by atomic mass is 9.93. The molecule has 2 aromatic rings. The Morgan fingerprint density at radius 1 is 1.10 bits per heavy atom. The highest BCUT2D eigenvalue weighted by atomic mass is 14.9. The highest BCUT2D eigenvalue weighted by Crippen LogP contribution is 2.26. The molecule has 0 heterocycles. The fraction of sp³-hybridized carbons (Fsp3) is 0.368. The fourth-order valence-electron chi connectivity index (χ4n) is 2.78. The van der Waals surface area contributed by atoms with Crippen LogP contribution in [0.25, 0.3) is 0 Å². The second-order valence-electron chi connectivity index (χ2n) is 5.68. The Morgan fingerprint density at radius 3 is 2.38 bits per heavy atom. The van der Waals surface area contributed by atoms with E-state index in [0.29, 0.717) is 0 Å². The topological polar surface area (TPSA) is 38.0 Å². The van der Waals surface area contributed by atoms with Gasteiger partial charge in [-0.05, 0) is 61.2 Å². The van der Waals surface area contributed by atoms with E-state index >= 15 is 0 Å². The van der Waals surface area contributed by atoms with Crippen molar-refractivity contribution in [1.82, 2.24) is 5.32 Å². The molecule has 1 atom stereocenters. The van der Waals surface area contributed by atoms with Crippen molar-refractivity contribution in [2.45, 2.75) is 39.2 Å². The third-order valence-electron chi connectivity index (χ3n) is 4.03. The molecule has 2 heteroatoms. The van der Waals surface area contributed by atoms with Gasteiger partial charge in [-0.1, -0.05) is 43.7 Å². The monoisotopic (exact) mass is 282 g/mol. The molecule has 0 aliphatic carbocycles. The van der Waals surface area contributed by atoms with Crippen LogP contribution in [0.4, 0.5) is 5.69 Å². The lowest BCUT2D eigenvalue weighted by Gasteiger charge is -2.20. The number of nitrogens with two attached hydrogens (primary N) is 1. The Hall–Kier alpha value is -1.80. The minimum atomic E-state index is 0.214. The maximum Gasteiger partial charge on any atom is 0.0576 e. The van der Waals surface area contributed by atoms with E-state index in [1.165, 1.54) is 41.5 Å². The maximum absolute atomic E-state index is 5.85. The van der Waals surface area contributed by atoms with Gasteiger partial charge < -0.3 is 11.1 Å². The highest BCUT2D eigenvalue weighted by molar-refractivity contribution is 5.47. The molecule has 0 saturated heterocycles. The summed E-state index contributed by atoms with van der Waals surface area (Å²) in [5.41, 5.74) is 11.9. The molecule has 2 nitrogen and oxygen atoms in total. The summed E-state index contributed by atoms with van der Waals surface area (Å²) in [5.74, 6) is 0. The molecule has 2 aromatic carbocycles. The van der Waals surface area contributed by atoms with E-state index in [9.17, 15) is 0 Å². The standard InChI is InChI=1S/C19H26N2/c1-4-5-6-15-7-9-16(10-8-15)19(21-3)18-12-11-17(20)13-14(18)2/h7-13,19,21H,4-6,20H2,1-3H3. The number of aryl methyl sites for hydroxylation is 2. The van der Waals surface area contributed by atoms with E-state index in [-0.39, 0.29) is 6.04 Å². The van der Waals surface area contributed by atoms with Crippen molar-refractivity contribution >= 4 is 5.69 Å². The van der Waals surface area contributed by atoms with Gasteiger partial charge in [-0.3, -0.25) is 0 Å². The van der Waals surface area contributed by atoms with Crippen LogP contribution < -0.4 is 11.1 Å². The Kier molecular flexibility index (Phi) is 5.40. The van der Waals surface area contributed by atoms with Crippen molar-refractivity contribution in [2.75, 3.05) is 12.8 Å². The number of nitrogens with one attached hydrogen (secondary N) is 1. The summed E-state index contributed by atoms with van der Waals surface area (Å²) in [6.07, 6.45) is 3.67. The molecule has 0 bridgehead atoms. The molecule has 0 spiro atoms. The van der Waals surface area contributed by atoms with Crippen LogP contribution >= 0.6 is 0 Å². The SMILES string of the molecule is CCCCc1ccc(C(NC)c2ccc(N)cc2C)cc1. The van der Waals surface area contributed by atoms with Gasteiger partial charge in [-0.15, -0.1) is 0 Å². The first-order chi connectivity index (χ1) is 10.2. The van der Waals surface area contributed by atoms with Crippen LogP contribution in [-0.2, 0) is 6.42 Å². The molecule has 0 fully saturated rings. The van der Waals surface area contributed by atoms with E-state index in [0.717, 1.165) is 5.69 Å². The Balaban J connectivity index is 2.24. The van der Waals surface area contributed by atoms with Crippen molar-refractivity contribution in [3.8, 4) is 0 Å². The molecule has 0 aromatic heterocycles. The van der Waals surface area contributed by atoms with Gasteiger partial charge in [0.25, 0.3) is 0 Å². The third-order valence-corrected chi connectivity index (χ3v) is 4.03. The molecule has 2 rings (SSSR count). The van der Waals surface area contributed by atoms with Crippen molar-refractivity contribution in [1.29, 1.82) is 0 Å². The van der Waals surface area contributed by atoms with Crippen LogP contribution in [0.15, 0.2) is 42.5 Å². The predicted molar refractivity (Wildman–Crippen MR) is 91.5 cm³/mol. The van der Waals surface area contributed by atoms with Gasteiger partial charge >= 0.3 is 0 Å². The predicted octanol–water partition coefficient (Wildman–Crippen LogP) is 4.23. The number of nitrogen functional groups attached to an aromatic ring is 1. The first kappa shape index (κ1) is 15.6. The molecule has 1 unspecified atom stereocenters. The molecule has 0 amide bonds. The van der Waals surface area contributed by atoms with E-state index < -0.39 is 0 Å². The first-order valence-electron chi connectivity index (χ1n) is 7.77. The zero-order valence-corrected chi connectivity index (χ0v) is 13.3. The molecular formula is C19H26N2. The van der Waals surface area contributed by atoms with E-state index in [1.54, 1.807) is 0 Å². The van der Waals surface area contributed by atoms with Crippen LogP contribution in [0.1, 0.15) is 48.1 Å². The summed E-state index contributed by atoms with van der Waals surface area (Å²) < 4.78 is 0. The van der Waals surface area contributed by atoms with Crippen LogP contribution in [0.2, 0.25) is 0 Å². The van der Waals surface area contributed by atoms with Crippen molar-refractivity contribution in [2.24, 2.45) is 0 Å². The lowest BCUT2D eigenvalue weighted by Crippen LogP contribution is -2.18. The summed E-state index contributed by atoms with van der Waals surface area (Å²) in [4.78, 5) is 0. The molecular weight excluding hydrogens is 256 g/mol. The van der Waals surface area contributed by atoms with Gasteiger partial charge in [0.1, 0.15) is 0 Å².